The largest absolute Gasteiger partial charge is 0.497 e. The summed E-state index contributed by atoms with van der Waals surface area (Å²) in [5.74, 6) is 0.819. The minimum Gasteiger partial charge on any atom is -0.497 e. The average Bonchev–Trinajstić information content (AvgIpc) is 2.71. The molecule has 0 bridgehead atoms. The average molecular weight is 390 g/mol. The molecule has 0 unspecified atom stereocenters. The van der Waals surface area contributed by atoms with Gasteiger partial charge in [0.15, 0.2) is 0 Å². The molecule has 2 aliphatic heterocycles. The van der Waals surface area contributed by atoms with Crippen molar-refractivity contribution in [3.05, 3.63) is 29.3 Å². The maximum absolute atomic E-state index is 12.7. The second-order valence-electron chi connectivity index (χ2n) is 7.48. The molecule has 2 heterocycles. The summed E-state index contributed by atoms with van der Waals surface area (Å²) < 4.78 is 11.6. The van der Waals surface area contributed by atoms with Crippen molar-refractivity contribution < 1.29 is 19.1 Å². The number of piperidine rings is 1. The van der Waals surface area contributed by atoms with Crippen molar-refractivity contribution in [3.8, 4) is 5.75 Å². The summed E-state index contributed by atoms with van der Waals surface area (Å²) in [5.41, 5.74) is 13.2. The number of carbonyl (C=O) groups excluding carboxylic acids is 2. The highest BCUT2D eigenvalue weighted by atomic mass is 16.5. The van der Waals surface area contributed by atoms with Gasteiger partial charge in [0.25, 0.3) is 0 Å². The molecule has 0 radical (unpaired) electrons. The van der Waals surface area contributed by atoms with E-state index in [0.717, 1.165) is 25.0 Å². The van der Waals surface area contributed by atoms with E-state index >= 15 is 0 Å². The first-order valence-corrected chi connectivity index (χ1v) is 9.84. The van der Waals surface area contributed by atoms with Crippen LogP contribution in [0.1, 0.15) is 36.8 Å². The van der Waals surface area contributed by atoms with Crippen LogP contribution in [0.2, 0.25) is 0 Å². The number of urea groups is 1. The van der Waals surface area contributed by atoms with E-state index in [2.05, 4.69) is 17.4 Å². The van der Waals surface area contributed by atoms with E-state index in [1.54, 1.807) is 7.11 Å². The Morgan fingerprint density at radius 3 is 2.79 bits per heavy atom. The molecular weight excluding hydrogens is 360 g/mol. The minimum absolute atomic E-state index is 0.0420. The molecule has 1 spiro atoms. The zero-order valence-corrected chi connectivity index (χ0v) is 16.4. The van der Waals surface area contributed by atoms with Gasteiger partial charge in [0.05, 0.1) is 25.4 Å². The van der Waals surface area contributed by atoms with Crippen molar-refractivity contribution in [1.82, 2.24) is 10.2 Å². The molecule has 0 aromatic heterocycles. The lowest BCUT2D eigenvalue weighted by Crippen LogP contribution is -2.52. The summed E-state index contributed by atoms with van der Waals surface area (Å²) in [6, 6.07) is 5.04. The minimum atomic E-state index is -0.563. The molecule has 8 heteroatoms. The molecule has 1 aromatic carbocycles. The van der Waals surface area contributed by atoms with Crippen molar-refractivity contribution in [2.75, 3.05) is 33.4 Å². The van der Waals surface area contributed by atoms with Gasteiger partial charge in [-0.05, 0) is 55.4 Å². The number of rotatable bonds is 6. The van der Waals surface area contributed by atoms with Crippen LogP contribution in [0.5, 0.6) is 5.75 Å². The Morgan fingerprint density at radius 2 is 2.11 bits per heavy atom. The van der Waals surface area contributed by atoms with Crippen LogP contribution < -0.4 is 21.5 Å². The first-order chi connectivity index (χ1) is 13.4. The zero-order valence-electron chi connectivity index (χ0n) is 16.4. The van der Waals surface area contributed by atoms with Gasteiger partial charge in [0, 0.05) is 19.6 Å². The van der Waals surface area contributed by atoms with E-state index < -0.39 is 12.1 Å². The van der Waals surface area contributed by atoms with Gasteiger partial charge in [-0.1, -0.05) is 6.07 Å². The highest BCUT2D eigenvalue weighted by Crippen LogP contribution is 2.42. The summed E-state index contributed by atoms with van der Waals surface area (Å²) in [4.78, 5) is 25.2. The third-order valence-corrected chi connectivity index (χ3v) is 5.74. The Kier molecular flexibility index (Phi) is 6.41. The van der Waals surface area contributed by atoms with E-state index in [9.17, 15) is 9.59 Å². The molecule has 3 amide bonds. The van der Waals surface area contributed by atoms with Crippen LogP contribution >= 0.6 is 0 Å². The van der Waals surface area contributed by atoms with Gasteiger partial charge in [0.1, 0.15) is 5.75 Å². The number of hydrogen-bond donors (Lipinski definition) is 3. The van der Waals surface area contributed by atoms with Crippen molar-refractivity contribution in [2.45, 2.75) is 43.7 Å². The van der Waals surface area contributed by atoms with Crippen LogP contribution in [-0.2, 0) is 21.6 Å². The predicted octanol–water partition coefficient (Wildman–Crippen LogP) is 0.861. The number of ether oxygens (including phenoxy) is 2. The molecule has 1 saturated heterocycles. The van der Waals surface area contributed by atoms with Crippen molar-refractivity contribution in [1.29, 1.82) is 0 Å². The van der Waals surface area contributed by atoms with Gasteiger partial charge >= 0.3 is 6.03 Å². The molecule has 2 aliphatic rings. The highest BCUT2D eigenvalue weighted by molar-refractivity contribution is 5.81. The number of methoxy groups -OCH3 is 1. The van der Waals surface area contributed by atoms with Crippen LogP contribution in [0, 0.1) is 0 Å². The molecule has 1 atom stereocenters. The molecule has 1 fully saturated rings. The van der Waals surface area contributed by atoms with E-state index in [0.29, 0.717) is 39.1 Å². The Bertz CT molecular complexity index is 716. The quantitative estimate of drug-likeness (QED) is 0.622. The third-order valence-electron chi connectivity index (χ3n) is 5.74. The second-order valence-corrected chi connectivity index (χ2v) is 7.48. The summed E-state index contributed by atoms with van der Waals surface area (Å²) >= 11 is 0. The molecular formula is C20H30N4O4. The molecule has 5 N–H and O–H groups in total. The normalized spacial score (nSPS) is 19.0. The second kappa shape index (κ2) is 8.79. The fourth-order valence-corrected chi connectivity index (χ4v) is 4.18. The lowest BCUT2D eigenvalue weighted by atomic mass is 9.79. The SMILES string of the molecule is COc1ccc2c(c1)CCOC21CCN(C(=O)[C@@H](N)CCCNC(N)=O)CC1. The smallest absolute Gasteiger partial charge is 0.312 e. The number of fused-ring (bicyclic) bond motifs is 2. The topological polar surface area (TPSA) is 120 Å². The number of likely N-dealkylation sites (tertiary alicyclic amines) is 1. The fourth-order valence-electron chi connectivity index (χ4n) is 4.18. The maximum Gasteiger partial charge on any atom is 0.312 e. The van der Waals surface area contributed by atoms with Crippen LogP contribution in [0.3, 0.4) is 0 Å². The molecule has 3 rings (SSSR count). The van der Waals surface area contributed by atoms with Gasteiger partial charge in [0.2, 0.25) is 5.91 Å². The van der Waals surface area contributed by atoms with Gasteiger partial charge in [-0.2, -0.15) is 0 Å². The van der Waals surface area contributed by atoms with Crippen LogP contribution in [0.15, 0.2) is 18.2 Å². The molecule has 0 aliphatic carbocycles. The lowest BCUT2D eigenvalue weighted by molar-refractivity contribution is -0.142. The molecule has 154 valence electrons. The summed E-state index contributed by atoms with van der Waals surface area (Å²) in [7, 11) is 1.67. The first kappa shape index (κ1) is 20.4. The monoisotopic (exact) mass is 390 g/mol. The predicted molar refractivity (Wildman–Crippen MR) is 105 cm³/mol. The number of nitrogens with one attached hydrogen (secondary N) is 1. The number of carbonyl (C=O) groups is 2. The van der Waals surface area contributed by atoms with Crippen molar-refractivity contribution in [2.24, 2.45) is 11.5 Å². The lowest BCUT2D eigenvalue weighted by Gasteiger charge is -2.45. The number of primary amides is 1. The van der Waals surface area contributed by atoms with Gasteiger partial charge < -0.3 is 31.2 Å². The number of benzene rings is 1. The third kappa shape index (κ3) is 4.39. The van der Waals surface area contributed by atoms with E-state index in [1.165, 1.54) is 11.1 Å². The summed E-state index contributed by atoms with van der Waals surface area (Å²) in [6.07, 6.45) is 3.52. The Morgan fingerprint density at radius 1 is 1.36 bits per heavy atom. The first-order valence-electron chi connectivity index (χ1n) is 9.84. The molecule has 0 saturated carbocycles. The van der Waals surface area contributed by atoms with Gasteiger partial charge in [-0.25, -0.2) is 4.79 Å². The molecule has 1 aromatic rings. The van der Waals surface area contributed by atoms with Gasteiger partial charge in [-0.15, -0.1) is 0 Å². The Balaban J connectivity index is 1.57. The van der Waals surface area contributed by atoms with E-state index in [-0.39, 0.29) is 11.5 Å². The zero-order chi connectivity index (χ0) is 20.1. The Labute approximate surface area is 165 Å². The van der Waals surface area contributed by atoms with Crippen LogP contribution in [0.4, 0.5) is 4.79 Å². The number of amides is 3. The molecule has 8 nitrogen and oxygen atoms in total. The summed E-state index contributed by atoms with van der Waals surface area (Å²) in [5, 5.41) is 2.51. The maximum atomic E-state index is 12.7. The van der Waals surface area contributed by atoms with E-state index in [4.69, 9.17) is 20.9 Å². The van der Waals surface area contributed by atoms with Crippen LogP contribution in [0.25, 0.3) is 0 Å². The van der Waals surface area contributed by atoms with Gasteiger partial charge in [-0.3, -0.25) is 4.79 Å². The number of nitrogens with zero attached hydrogens (tertiary/aromatic N) is 1. The number of hydrogen-bond acceptors (Lipinski definition) is 5. The fraction of sp³-hybridized carbons (Fsp3) is 0.600. The number of nitrogens with two attached hydrogens (primary N) is 2. The highest BCUT2D eigenvalue weighted by Gasteiger charge is 2.42. The summed E-state index contributed by atoms with van der Waals surface area (Å²) in [6.45, 7) is 2.35. The van der Waals surface area contributed by atoms with E-state index in [1.807, 2.05) is 11.0 Å². The van der Waals surface area contributed by atoms with Crippen molar-refractivity contribution in [3.63, 3.8) is 0 Å². The van der Waals surface area contributed by atoms with Crippen molar-refractivity contribution >= 4 is 11.9 Å². The van der Waals surface area contributed by atoms with Crippen LogP contribution in [-0.4, -0.2) is 56.2 Å². The Hall–Kier alpha value is -2.32. The standard InChI is InChI=1S/C20H30N4O4/c1-27-15-4-5-16-14(13-15)6-12-28-20(16)7-10-24(11-8-20)18(25)17(21)3-2-9-23-19(22)26/h4-5,13,17H,2-3,6-12,21H2,1H3,(H3,22,23,26)/t17-/m0/s1. The molecule has 28 heavy (non-hydrogen) atoms.